The van der Waals surface area contributed by atoms with Gasteiger partial charge < -0.3 is 14.2 Å². The van der Waals surface area contributed by atoms with E-state index in [4.69, 9.17) is 4.74 Å². The van der Waals surface area contributed by atoms with Crippen LogP contribution in [0.4, 0.5) is 10.1 Å². The highest BCUT2D eigenvalue weighted by Gasteiger charge is 2.25. The van der Waals surface area contributed by atoms with Crippen LogP contribution < -0.4 is 10.3 Å². The summed E-state index contributed by atoms with van der Waals surface area (Å²) < 4.78 is 48.3. The number of morpholine rings is 1. The average Bonchev–Trinajstić information content (AvgIpc) is 2.74. The van der Waals surface area contributed by atoms with Crippen molar-refractivity contribution >= 4 is 26.4 Å². The molecular formula is C22H23FN2O4S. The van der Waals surface area contributed by atoms with E-state index in [-0.39, 0.29) is 15.2 Å². The molecule has 158 valence electrons. The van der Waals surface area contributed by atoms with Gasteiger partial charge >= 0.3 is 0 Å². The highest BCUT2D eigenvalue weighted by atomic mass is 32.2. The van der Waals surface area contributed by atoms with E-state index >= 15 is 0 Å². The molecule has 0 bridgehead atoms. The molecule has 1 fully saturated rings. The second-order valence-corrected chi connectivity index (χ2v) is 9.27. The Morgan fingerprint density at radius 1 is 1.13 bits per heavy atom. The number of aromatic nitrogens is 1. The Kier molecular flexibility index (Phi) is 5.38. The lowest BCUT2D eigenvalue weighted by atomic mass is 10.1. The van der Waals surface area contributed by atoms with Crippen LogP contribution in [0.1, 0.15) is 12.5 Å². The van der Waals surface area contributed by atoms with Gasteiger partial charge in [0.1, 0.15) is 10.7 Å². The Labute approximate surface area is 174 Å². The minimum atomic E-state index is -4.04. The Bertz CT molecular complexity index is 1280. The van der Waals surface area contributed by atoms with Crippen molar-refractivity contribution in [1.82, 2.24) is 4.57 Å². The predicted octanol–water partition coefficient (Wildman–Crippen LogP) is 3.14. The fraction of sp³-hybridized carbons (Fsp3) is 0.318. The topological polar surface area (TPSA) is 68.6 Å². The van der Waals surface area contributed by atoms with Crippen molar-refractivity contribution in [3.8, 4) is 0 Å². The molecule has 6 nitrogen and oxygen atoms in total. The number of aryl methyl sites for hydroxylation is 2. The molecule has 4 rings (SSSR count). The highest BCUT2D eigenvalue weighted by Crippen LogP contribution is 2.28. The molecule has 0 amide bonds. The van der Waals surface area contributed by atoms with Crippen LogP contribution in [0, 0.1) is 12.7 Å². The van der Waals surface area contributed by atoms with Gasteiger partial charge in [-0.1, -0.05) is 12.1 Å². The smallest absolute Gasteiger partial charge is 0.211 e. The van der Waals surface area contributed by atoms with Gasteiger partial charge in [0.25, 0.3) is 0 Å². The van der Waals surface area contributed by atoms with Gasteiger partial charge in [-0.2, -0.15) is 0 Å². The van der Waals surface area contributed by atoms with E-state index in [0.717, 1.165) is 11.6 Å². The fourth-order valence-electron chi connectivity index (χ4n) is 3.78. The van der Waals surface area contributed by atoms with Gasteiger partial charge in [-0.25, -0.2) is 12.8 Å². The lowest BCUT2D eigenvalue weighted by Gasteiger charge is -2.29. The summed E-state index contributed by atoms with van der Waals surface area (Å²) in [5, 5.41) is 0.0556. The van der Waals surface area contributed by atoms with Crippen LogP contribution >= 0.6 is 0 Å². The first-order chi connectivity index (χ1) is 14.3. The van der Waals surface area contributed by atoms with Gasteiger partial charge in [-0.3, -0.25) is 4.79 Å². The van der Waals surface area contributed by atoms with Gasteiger partial charge in [0.2, 0.25) is 15.3 Å². The number of benzene rings is 2. The lowest BCUT2D eigenvalue weighted by Crippen LogP contribution is -2.36. The van der Waals surface area contributed by atoms with Crippen molar-refractivity contribution in [2.24, 2.45) is 0 Å². The molecule has 0 aliphatic carbocycles. The number of fused-ring (bicyclic) bond motifs is 1. The van der Waals surface area contributed by atoms with Crippen LogP contribution in [-0.2, 0) is 21.1 Å². The molecule has 8 heteroatoms. The maximum absolute atomic E-state index is 14.9. The van der Waals surface area contributed by atoms with Gasteiger partial charge in [0, 0.05) is 25.8 Å². The fourth-order valence-corrected chi connectivity index (χ4v) is 5.25. The average molecular weight is 431 g/mol. The van der Waals surface area contributed by atoms with Crippen molar-refractivity contribution < 1.29 is 17.5 Å². The number of hydrogen-bond acceptors (Lipinski definition) is 5. The molecule has 2 heterocycles. The third kappa shape index (κ3) is 3.50. The van der Waals surface area contributed by atoms with E-state index < -0.39 is 21.1 Å². The quantitative estimate of drug-likeness (QED) is 0.636. The van der Waals surface area contributed by atoms with Crippen molar-refractivity contribution in [2.45, 2.75) is 30.2 Å². The summed E-state index contributed by atoms with van der Waals surface area (Å²) in [6, 6.07) is 9.19. The van der Waals surface area contributed by atoms with Crippen LogP contribution in [-0.4, -0.2) is 39.3 Å². The number of rotatable bonds is 4. The number of halogens is 1. The predicted molar refractivity (Wildman–Crippen MR) is 114 cm³/mol. The van der Waals surface area contributed by atoms with Gasteiger partial charge in [-0.05, 0) is 43.7 Å². The van der Waals surface area contributed by atoms with Crippen LogP contribution in [0.25, 0.3) is 10.9 Å². The molecule has 0 unspecified atom stereocenters. The summed E-state index contributed by atoms with van der Waals surface area (Å²) in [4.78, 5) is 14.7. The van der Waals surface area contributed by atoms with Crippen LogP contribution in [0.5, 0.6) is 0 Å². The number of pyridine rings is 1. The Balaban J connectivity index is 1.94. The minimum Gasteiger partial charge on any atom is -0.378 e. The molecule has 1 aliphatic heterocycles. The monoisotopic (exact) mass is 430 g/mol. The molecule has 0 N–H and O–H groups in total. The second-order valence-electron chi connectivity index (χ2n) is 7.35. The van der Waals surface area contributed by atoms with Gasteiger partial charge in [0.15, 0.2) is 0 Å². The van der Waals surface area contributed by atoms with E-state index in [0.29, 0.717) is 44.1 Å². The van der Waals surface area contributed by atoms with Gasteiger partial charge in [0.05, 0.1) is 34.7 Å². The number of hydrogen-bond donors (Lipinski definition) is 0. The van der Waals surface area contributed by atoms with E-state index in [9.17, 15) is 17.6 Å². The zero-order chi connectivity index (χ0) is 21.5. The summed E-state index contributed by atoms with van der Waals surface area (Å²) in [7, 11) is -4.04. The Morgan fingerprint density at radius 3 is 2.53 bits per heavy atom. The summed E-state index contributed by atoms with van der Waals surface area (Å²) in [6.07, 6.45) is 1.36. The molecule has 0 atom stereocenters. The molecule has 0 spiro atoms. The van der Waals surface area contributed by atoms with E-state index in [1.165, 1.54) is 18.3 Å². The normalized spacial score (nSPS) is 15.0. The van der Waals surface area contributed by atoms with E-state index in [1.807, 2.05) is 11.8 Å². The number of sulfone groups is 1. The first-order valence-electron chi connectivity index (χ1n) is 9.84. The van der Waals surface area contributed by atoms with Gasteiger partial charge in [-0.15, -0.1) is 0 Å². The summed E-state index contributed by atoms with van der Waals surface area (Å²) >= 11 is 0. The summed E-state index contributed by atoms with van der Waals surface area (Å²) in [5.74, 6) is -0.547. The van der Waals surface area contributed by atoms with Crippen molar-refractivity contribution in [3.63, 3.8) is 0 Å². The third-order valence-electron chi connectivity index (χ3n) is 5.40. The molecule has 1 aliphatic rings. The number of nitrogens with zero attached hydrogens (tertiary/aromatic N) is 2. The molecule has 0 radical (unpaired) electrons. The zero-order valence-electron chi connectivity index (χ0n) is 16.9. The standard InChI is InChI=1S/C22H23FN2O4S/c1-3-24-14-21(30(27,28)16-6-4-5-15(2)11-16)22(26)17-12-18(23)20(13-19(17)24)25-7-9-29-10-8-25/h4-6,11-14H,3,7-10H2,1-2H3. The zero-order valence-corrected chi connectivity index (χ0v) is 17.7. The first-order valence-corrected chi connectivity index (χ1v) is 11.3. The Morgan fingerprint density at radius 2 is 1.87 bits per heavy atom. The lowest BCUT2D eigenvalue weighted by molar-refractivity contribution is 0.122. The summed E-state index contributed by atoms with van der Waals surface area (Å²) in [5.41, 5.74) is 0.979. The molecule has 1 saturated heterocycles. The van der Waals surface area contributed by atoms with E-state index in [1.54, 1.807) is 29.7 Å². The minimum absolute atomic E-state index is 0.0482. The largest absolute Gasteiger partial charge is 0.378 e. The first kappa shape index (κ1) is 20.6. The van der Waals surface area contributed by atoms with Crippen LogP contribution in [0.2, 0.25) is 0 Å². The molecule has 0 saturated carbocycles. The molecular weight excluding hydrogens is 407 g/mol. The van der Waals surface area contributed by atoms with Crippen molar-refractivity contribution in [2.75, 3.05) is 31.2 Å². The SMILES string of the molecule is CCn1cc(S(=O)(=O)c2cccc(C)c2)c(=O)c2cc(F)c(N3CCOCC3)cc21. The third-order valence-corrected chi connectivity index (χ3v) is 7.14. The van der Waals surface area contributed by atoms with Crippen LogP contribution in [0.3, 0.4) is 0 Å². The van der Waals surface area contributed by atoms with Crippen LogP contribution in [0.15, 0.2) is 57.2 Å². The van der Waals surface area contributed by atoms with Crippen molar-refractivity contribution in [1.29, 1.82) is 0 Å². The number of anilines is 1. The molecule has 3 aromatic rings. The highest BCUT2D eigenvalue weighted by molar-refractivity contribution is 7.91. The molecule has 2 aromatic carbocycles. The number of ether oxygens (including phenoxy) is 1. The summed E-state index contributed by atoms with van der Waals surface area (Å²) in [6.45, 7) is 6.19. The second kappa shape index (κ2) is 7.85. The maximum atomic E-state index is 14.9. The maximum Gasteiger partial charge on any atom is 0.211 e. The molecule has 30 heavy (non-hydrogen) atoms. The Hall–Kier alpha value is -2.71. The van der Waals surface area contributed by atoms with E-state index in [2.05, 4.69) is 0 Å². The van der Waals surface area contributed by atoms with Crippen molar-refractivity contribution in [3.05, 3.63) is 64.2 Å². The molecule has 1 aromatic heterocycles.